The van der Waals surface area contributed by atoms with Crippen LogP contribution >= 0.6 is 0 Å². The SMILES string of the molecule is CC(=O)Oc1ccc2nc(Nc3ccc(F)cc3CN)oc2c1F. The molecule has 2 aromatic carbocycles. The minimum atomic E-state index is -0.832. The van der Waals surface area contributed by atoms with Gasteiger partial charge in [-0.1, -0.05) is 0 Å². The summed E-state index contributed by atoms with van der Waals surface area (Å²) in [6, 6.07) is 6.76. The number of oxazole rings is 1. The highest BCUT2D eigenvalue weighted by molar-refractivity contribution is 5.79. The van der Waals surface area contributed by atoms with E-state index in [-0.39, 0.29) is 29.4 Å². The summed E-state index contributed by atoms with van der Waals surface area (Å²) in [5.74, 6) is -2.15. The Labute approximate surface area is 135 Å². The van der Waals surface area contributed by atoms with E-state index in [1.54, 1.807) is 0 Å². The normalized spacial score (nSPS) is 10.8. The molecule has 124 valence electrons. The first-order chi connectivity index (χ1) is 11.5. The van der Waals surface area contributed by atoms with Crippen LogP contribution in [0, 0.1) is 11.6 Å². The summed E-state index contributed by atoms with van der Waals surface area (Å²) in [6.07, 6.45) is 0. The first kappa shape index (κ1) is 15.9. The lowest BCUT2D eigenvalue weighted by molar-refractivity contribution is -0.132. The van der Waals surface area contributed by atoms with Crippen LogP contribution in [0.15, 0.2) is 34.7 Å². The monoisotopic (exact) mass is 333 g/mol. The smallest absolute Gasteiger partial charge is 0.308 e. The lowest BCUT2D eigenvalue weighted by Crippen LogP contribution is -2.03. The minimum Gasteiger partial charge on any atom is -0.423 e. The maximum Gasteiger partial charge on any atom is 0.308 e. The van der Waals surface area contributed by atoms with Gasteiger partial charge < -0.3 is 20.2 Å². The van der Waals surface area contributed by atoms with Crippen LogP contribution in [-0.2, 0) is 11.3 Å². The van der Waals surface area contributed by atoms with Gasteiger partial charge in [0.05, 0.1) is 0 Å². The Morgan fingerprint density at radius 1 is 1.33 bits per heavy atom. The number of rotatable bonds is 4. The summed E-state index contributed by atoms with van der Waals surface area (Å²) in [6.45, 7) is 1.27. The molecule has 0 aliphatic carbocycles. The number of aromatic nitrogens is 1. The Morgan fingerprint density at radius 3 is 2.83 bits per heavy atom. The van der Waals surface area contributed by atoms with Gasteiger partial charge in [0.25, 0.3) is 6.01 Å². The lowest BCUT2D eigenvalue weighted by atomic mass is 10.2. The number of hydrogen-bond donors (Lipinski definition) is 2. The van der Waals surface area contributed by atoms with Crippen molar-refractivity contribution in [1.29, 1.82) is 0 Å². The summed E-state index contributed by atoms with van der Waals surface area (Å²) in [7, 11) is 0. The van der Waals surface area contributed by atoms with Crippen molar-refractivity contribution >= 4 is 28.8 Å². The van der Waals surface area contributed by atoms with E-state index in [1.807, 2.05) is 0 Å². The quantitative estimate of drug-likeness (QED) is 0.563. The summed E-state index contributed by atoms with van der Waals surface area (Å²) in [5.41, 5.74) is 6.66. The van der Waals surface area contributed by atoms with Crippen molar-refractivity contribution in [2.75, 3.05) is 5.32 Å². The van der Waals surface area contributed by atoms with Crippen LogP contribution in [0.4, 0.5) is 20.5 Å². The van der Waals surface area contributed by atoms with E-state index in [0.29, 0.717) is 11.3 Å². The van der Waals surface area contributed by atoms with Crippen LogP contribution in [0.1, 0.15) is 12.5 Å². The van der Waals surface area contributed by atoms with Crippen molar-refractivity contribution in [3.63, 3.8) is 0 Å². The van der Waals surface area contributed by atoms with Crippen LogP contribution < -0.4 is 15.8 Å². The molecule has 8 heteroatoms. The number of carbonyl (C=O) groups is 1. The van der Waals surface area contributed by atoms with Gasteiger partial charge in [0, 0.05) is 19.2 Å². The number of fused-ring (bicyclic) bond motifs is 1. The van der Waals surface area contributed by atoms with E-state index in [4.69, 9.17) is 14.9 Å². The van der Waals surface area contributed by atoms with Gasteiger partial charge in [-0.05, 0) is 35.9 Å². The number of nitrogens with one attached hydrogen (secondary N) is 1. The Morgan fingerprint density at radius 2 is 2.12 bits per heavy atom. The second-order valence-corrected chi connectivity index (χ2v) is 4.97. The third kappa shape index (κ3) is 3.04. The lowest BCUT2D eigenvalue weighted by Gasteiger charge is -2.07. The standard InChI is InChI=1S/C16H13F2N3O3/c1-8(22)23-13-5-4-12-15(14(13)18)24-16(21-12)20-11-3-2-10(17)6-9(11)7-19/h2-6H,7,19H2,1H3,(H,20,21). The van der Waals surface area contributed by atoms with Gasteiger partial charge in [-0.25, -0.2) is 4.39 Å². The summed E-state index contributed by atoms with van der Waals surface area (Å²) in [5, 5.41) is 2.83. The minimum absolute atomic E-state index is 0.00480. The van der Waals surface area contributed by atoms with E-state index in [9.17, 15) is 13.6 Å². The van der Waals surface area contributed by atoms with Crippen molar-refractivity contribution in [3.05, 3.63) is 47.5 Å². The molecule has 0 spiro atoms. The van der Waals surface area contributed by atoms with Crippen LogP contribution in [0.25, 0.3) is 11.1 Å². The molecular formula is C16H13F2N3O3. The first-order valence-electron chi connectivity index (χ1n) is 7.01. The molecule has 0 unspecified atom stereocenters. The van der Waals surface area contributed by atoms with Crippen LogP contribution in [0.2, 0.25) is 0 Å². The zero-order valence-corrected chi connectivity index (χ0v) is 12.6. The number of halogens is 2. The molecule has 24 heavy (non-hydrogen) atoms. The van der Waals surface area contributed by atoms with Gasteiger partial charge in [-0.15, -0.1) is 0 Å². The first-order valence-corrected chi connectivity index (χ1v) is 7.01. The second kappa shape index (κ2) is 6.25. The van der Waals surface area contributed by atoms with Crippen LogP contribution in [0.3, 0.4) is 0 Å². The number of esters is 1. The Bertz CT molecular complexity index is 924. The van der Waals surface area contributed by atoms with Crippen molar-refractivity contribution in [2.24, 2.45) is 5.73 Å². The third-order valence-electron chi connectivity index (χ3n) is 3.24. The molecule has 3 rings (SSSR count). The molecule has 0 amide bonds. The average Bonchev–Trinajstić information content (AvgIpc) is 2.95. The zero-order valence-electron chi connectivity index (χ0n) is 12.6. The number of ether oxygens (including phenoxy) is 1. The topological polar surface area (TPSA) is 90.4 Å². The predicted molar refractivity (Wildman–Crippen MR) is 82.9 cm³/mol. The molecule has 1 aromatic heterocycles. The summed E-state index contributed by atoms with van der Waals surface area (Å²) < 4.78 is 37.6. The fourth-order valence-corrected chi connectivity index (χ4v) is 2.20. The molecule has 0 aliphatic rings. The van der Waals surface area contributed by atoms with Crippen molar-refractivity contribution in [3.8, 4) is 5.75 Å². The predicted octanol–water partition coefficient (Wildman–Crippen LogP) is 3.23. The highest BCUT2D eigenvalue weighted by Crippen LogP contribution is 2.30. The zero-order chi connectivity index (χ0) is 17.3. The van der Waals surface area contributed by atoms with Gasteiger partial charge in [-0.2, -0.15) is 9.37 Å². The van der Waals surface area contributed by atoms with Gasteiger partial charge in [-0.3, -0.25) is 4.79 Å². The highest BCUT2D eigenvalue weighted by atomic mass is 19.1. The van der Waals surface area contributed by atoms with Crippen molar-refractivity contribution in [1.82, 2.24) is 4.98 Å². The Kier molecular flexibility index (Phi) is 4.13. The van der Waals surface area contributed by atoms with Gasteiger partial charge in [0.15, 0.2) is 11.3 Å². The van der Waals surface area contributed by atoms with Gasteiger partial charge in [0.1, 0.15) is 11.3 Å². The number of nitrogens with two attached hydrogens (primary N) is 1. The summed E-state index contributed by atoms with van der Waals surface area (Å²) in [4.78, 5) is 15.1. The fraction of sp³-hybridized carbons (Fsp3) is 0.125. The van der Waals surface area contributed by atoms with E-state index in [2.05, 4.69) is 10.3 Å². The van der Waals surface area contributed by atoms with Gasteiger partial charge in [0.2, 0.25) is 5.82 Å². The third-order valence-corrected chi connectivity index (χ3v) is 3.24. The maximum absolute atomic E-state index is 14.3. The van der Waals surface area contributed by atoms with Crippen molar-refractivity contribution in [2.45, 2.75) is 13.5 Å². The average molecular weight is 333 g/mol. The molecule has 1 heterocycles. The number of benzene rings is 2. The molecule has 0 aliphatic heterocycles. The molecule has 0 atom stereocenters. The Hall–Kier alpha value is -3.00. The van der Waals surface area contributed by atoms with Crippen LogP contribution in [-0.4, -0.2) is 11.0 Å². The number of nitrogens with zero attached hydrogens (tertiary/aromatic N) is 1. The second-order valence-electron chi connectivity index (χ2n) is 4.97. The van der Waals surface area contributed by atoms with Crippen molar-refractivity contribution < 1.29 is 22.7 Å². The molecule has 0 fully saturated rings. The van der Waals surface area contributed by atoms with E-state index >= 15 is 0 Å². The molecule has 0 bridgehead atoms. The number of hydrogen-bond acceptors (Lipinski definition) is 6. The largest absolute Gasteiger partial charge is 0.423 e. The number of carbonyl (C=O) groups excluding carboxylic acids is 1. The molecule has 3 N–H and O–H groups in total. The highest BCUT2D eigenvalue weighted by Gasteiger charge is 2.17. The molecule has 3 aromatic rings. The van der Waals surface area contributed by atoms with Gasteiger partial charge >= 0.3 is 5.97 Å². The molecule has 0 radical (unpaired) electrons. The molecular weight excluding hydrogens is 320 g/mol. The molecule has 0 saturated heterocycles. The molecule has 6 nitrogen and oxygen atoms in total. The maximum atomic E-state index is 14.3. The van der Waals surface area contributed by atoms with E-state index in [0.717, 1.165) is 0 Å². The molecule has 0 saturated carbocycles. The fourth-order valence-electron chi connectivity index (χ4n) is 2.20. The van der Waals surface area contributed by atoms with E-state index < -0.39 is 17.6 Å². The Balaban J connectivity index is 1.97. The van der Waals surface area contributed by atoms with E-state index in [1.165, 1.54) is 37.3 Å². The van der Waals surface area contributed by atoms with Crippen LogP contribution in [0.5, 0.6) is 5.75 Å². The summed E-state index contributed by atoms with van der Waals surface area (Å²) >= 11 is 0. The number of anilines is 2.